The van der Waals surface area contributed by atoms with Crippen molar-refractivity contribution in [3.05, 3.63) is 101 Å². The number of amides is 2. The highest BCUT2D eigenvalue weighted by Gasteiger charge is 2.33. The molecule has 8 heteroatoms. The number of hydrogen-bond donors (Lipinski definition) is 1. The van der Waals surface area contributed by atoms with Crippen LogP contribution in [0.15, 0.2) is 72.8 Å². The maximum Gasteiger partial charge on any atom is 0.244 e. The molecule has 1 N–H and O–H groups in total. The zero-order valence-electron chi connectivity index (χ0n) is 23.5. The molecule has 0 saturated heterocycles. The Labute approximate surface area is 232 Å². The van der Waals surface area contributed by atoms with E-state index in [2.05, 4.69) is 5.32 Å². The summed E-state index contributed by atoms with van der Waals surface area (Å²) in [6, 6.07) is 21.9. The Hall–Kier alpha value is -3.65. The minimum Gasteiger partial charge on any atom is -0.354 e. The zero-order valence-corrected chi connectivity index (χ0v) is 24.3. The predicted molar refractivity (Wildman–Crippen MR) is 157 cm³/mol. The van der Waals surface area contributed by atoms with Crippen molar-refractivity contribution in [1.82, 2.24) is 10.2 Å². The average molecular weight is 550 g/mol. The van der Waals surface area contributed by atoms with Crippen LogP contribution in [0, 0.1) is 20.8 Å². The third-order valence-corrected chi connectivity index (χ3v) is 7.61. The molecule has 3 aromatic carbocycles. The molecular formula is C31H39N3O4S. The van der Waals surface area contributed by atoms with Crippen molar-refractivity contribution in [2.75, 3.05) is 23.7 Å². The average Bonchev–Trinajstić information content (AvgIpc) is 2.88. The maximum absolute atomic E-state index is 14.1. The summed E-state index contributed by atoms with van der Waals surface area (Å²) in [5.41, 5.74) is 5.05. The van der Waals surface area contributed by atoms with E-state index in [1.165, 1.54) is 4.90 Å². The van der Waals surface area contributed by atoms with E-state index in [0.29, 0.717) is 18.7 Å². The van der Waals surface area contributed by atoms with Crippen LogP contribution >= 0.6 is 0 Å². The zero-order chi connectivity index (χ0) is 28.6. The summed E-state index contributed by atoms with van der Waals surface area (Å²) in [7, 11) is -3.79. The molecule has 0 spiro atoms. The number of hydrogen-bond acceptors (Lipinski definition) is 4. The van der Waals surface area contributed by atoms with Crippen molar-refractivity contribution in [3.8, 4) is 0 Å². The minimum absolute atomic E-state index is 0.167. The number of sulfonamides is 1. The van der Waals surface area contributed by atoms with Gasteiger partial charge in [0.05, 0.1) is 11.9 Å². The largest absolute Gasteiger partial charge is 0.354 e. The third kappa shape index (κ3) is 8.68. The highest BCUT2D eigenvalue weighted by atomic mass is 32.2. The van der Waals surface area contributed by atoms with Crippen LogP contribution in [0.5, 0.6) is 0 Å². The molecule has 0 bridgehead atoms. The molecule has 0 radical (unpaired) electrons. The Morgan fingerprint density at radius 1 is 0.846 bits per heavy atom. The second-order valence-corrected chi connectivity index (χ2v) is 12.0. The fourth-order valence-corrected chi connectivity index (χ4v) is 5.35. The monoisotopic (exact) mass is 549 g/mol. The van der Waals surface area contributed by atoms with Gasteiger partial charge in [0.2, 0.25) is 21.8 Å². The highest BCUT2D eigenvalue weighted by molar-refractivity contribution is 7.92. The van der Waals surface area contributed by atoms with Gasteiger partial charge in [-0.25, -0.2) is 8.42 Å². The Morgan fingerprint density at radius 3 is 2.03 bits per heavy atom. The SMILES string of the molecule is CCCNC(=O)[C@@H](Cc1ccccc1)N(Cc1ccc(C)cc1)C(=O)CN(c1cc(C)cc(C)c1)S(C)(=O)=O. The molecular weight excluding hydrogens is 510 g/mol. The standard InChI is InChI=1S/C31H39N3O4S/c1-6-16-32-31(36)29(20-26-10-8-7-9-11-26)33(21-27-14-12-23(2)13-15-27)30(35)22-34(39(5,37)38)28-18-24(3)17-25(4)19-28/h7-15,17-19,29H,6,16,20-22H2,1-5H3,(H,32,36)/t29-/m1/s1. The van der Waals surface area contributed by atoms with Gasteiger partial charge >= 0.3 is 0 Å². The van der Waals surface area contributed by atoms with Crippen LogP contribution in [-0.2, 0) is 32.6 Å². The summed E-state index contributed by atoms with van der Waals surface area (Å²) in [5.74, 6) is -0.716. The molecule has 2 amide bonds. The molecule has 0 aliphatic heterocycles. The molecule has 1 atom stereocenters. The van der Waals surface area contributed by atoms with Gasteiger partial charge in [0.1, 0.15) is 12.6 Å². The molecule has 0 saturated carbocycles. The lowest BCUT2D eigenvalue weighted by Gasteiger charge is -2.33. The lowest BCUT2D eigenvalue weighted by Crippen LogP contribution is -2.53. The summed E-state index contributed by atoms with van der Waals surface area (Å²) in [6.07, 6.45) is 2.15. The molecule has 0 aliphatic carbocycles. The van der Waals surface area contributed by atoms with Gasteiger partial charge in [0.25, 0.3) is 0 Å². The lowest BCUT2D eigenvalue weighted by atomic mass is 10.0. The molecule has 3 rings (SSSR count). The topological polar surface area (TPSA) is 86.8 Å². The number of carbonyl (C=O) groups excluding carboxylic acids is 2. The van der Waals surface area contributed by atoms with E-state index in [-0.39, 0.29) is 12.5 Å². The van der Waals surface area contributed by atoms with Gasteiger partial charge in [-0.05, 0) is 61.6 Å². The van der Waals surface area contributed by atoms with Gasteiger partial charge in [0, 0.05) is 19.5 Å². The van der Waals surface area contributed by atoms with E-state index >= 15 is 0 Å². The summed E-state index contributed by atoms with van der Waals surface area (Å²) in [5, 5.41) is 2.95. The minimum atomic E-state index is -3.79. The number of aryl methyl sites for hydroxylation is 3. The Kier molecular flexibility index (Phi) is 10.3. The number of carbonyl (C=O) groups is 2. The summed E-state index contributed by atoms with van der Waals surface area (Å²) < 4.78 is 27.0. The number of anilines is 1. The maximum atomic E-state index is 14.1. The summed E-state index contributed by atoms with van der Waals surface area (Å²) >= 11 is 0. The molecule has 208 valence electrons. The number of rotatable bonds is 12. The van der Waals surface area contributed by atoms with Gasteiger partial charge < -0.3 is 10.2 Å². The van der Waals surface area contributed by atoms with E-state index in [1.807, 2.05) is 88.4 Å². The molecule has 0 unspecified atom stereocenters. The van der Waals surface area contributed by atoms with Crippen molar-refractivity contribution in [2.45, 2.75) is 53.1 Å². The Balaban J connectivity index is 2.05. The van der Waals surface area contributed by atoms with E-state index in [0.717, 1.165) is 44.8 Å². The van der Waals surface area contributed by atoms with Gasteiger partial charge in [0.15, 0.2) is 0 Å². The number of nitrogens with zero attached hydrogens (tertiary/aromatic N) is 2. The Morgan fingerprint density at radius 2 is 1.46 bits per heavy atom. The van der Waals surface area contributed by atoms with Crippen molar-refractivity contribution >= 4 is 27.5 Å². The first kappa shape index (κ1) is 29.9. The van der Waals surface area contributed by atoms with Crippen LogP contribution in [0.2, 0.25) is 0 Å². The van der Waals surface area contributed by atoms with Gasteiger partial charge in [-0.3, -0.25) is 13.9 Å². The lowest BCUT2D eigenvalue weighted by molar-refractivity contribution is -0.140. The molecule has 39 heavy (non-hydrogen) atoms. The number of nitrogens with one attached hydrogen (secondary N) is 1. The van der Waals surface area contributed by atoms with Crippen LogP contribution < -0.4 is 9.62 Å². The predicted octanol–water partition coefficient (Wildman–Crippen LogP) is 4.54. The molecule has 0 fully saturated rings. The van der Waals surface area contributed by atoms with Crippen molar-refractivity contribution < 1.29 is 18.0 Å². The smallest absolute Gasteiger partial charge is 0.244 e. The van der Waals surface area contributed by atoms with Crippen LogP contribution in [0.25, 0.3) is 0 Å². The summed E-state index contributed by atoms with van der Waals surface area (Å²) in [6.45, 7) is 7.95. The normalized spacial score (nSPS) is 12.0. The molecule has 3 aromatic rings. The molecule has 0 aromatic heterocycles. The van der Waals surface area contributed by atoms with Gasteiger partial charge in [-0.1, -0.05) is 73.2 Å². The second-order valence-electron chi connectivity index (χ2n) is 10.1. The van der Waals surface area contributed by atoms with E-state index < -0.39 is 28.5 Å². The van der Waals surface area contributed by atoms with Crippen LogP contribution in [-0.4, -0.2) is 50.5 Å². The molecule has 0 heterocycles. The van der Waals surface area contributed by atoms with Crippen LogP contribution in [0.1, 0.15) is 41.2 Å². The number of benzene rings is 3. The third-order valence-electron chi connectivity index (χ3n) is 6.47. The van der Waals surface area contributed by atoms with E-state index in [4.69, 9.17) is 0 Å². The first-order valence-electron chi connectivity index (χ1n) is 13.2. The highest BCUT2D eigenvalue weighted by Crippen LogP contribution is 2.23. The van der Waals surface area contributed by atoms with Crippen molar-refractivity contribution in [1.29, 1.82) is 0 Å². The first-order chi connectivity index (χ1) is 18.5. The molecule has 0 aliphatic rings. The second kappa shape index (κ2) is 13.4. The summed E-state index contributed by atoms with van der Waals surface area (Å²) in [4.78, 5) is 29.1. The van der Waals surface area contributed by atoms with Crippen LogP contribution in [0.4, 0.5) is 5.69 Å². The van der Waals surface area contributed by atoms with E-state index in [9.17, 15) is 18.0 Å². The fourth-order valence-electron chi connectivity index (χ4n) is 4.52. The van der Waals surface area contributed by atoms with Crippen molar-refractivity contribution in [2.24, 2.45) is 0 Å². The van der Waals surface area contributed by atoms with Gasteiger partial charge in [-0.15, -0.1) is 0 Å². The Bertz CT molecular complexity index is 1350. The van der Waals surface area contributed by atoms with E-state index in [1.54, 1.807) is 12.1 Å². The fraction of sp³-hybridized carbons (Fsp3) is 0.355. The van der Waals surface area contributed by atoms with Crippen molar-refractivity contribution in [3.63, 3.8) is 0 Å². The quantitative estimate of drug-likeness (QED) is 0.359. The molecule has 7 nitrogen and oxygen atoms in total. The van der Waals surface area contributed by atoms with Crippen LogP contribution in [0.3, 0.4) is 0 Å². The van der Waals surface area contributed by atoms with Gasteiger partial charge in [-0.2, -0.15) is 0 Å². The first-order valence-corrected chi connectivity index (χ1v) is 15.1.